The molecule has 126 valence electrons. The van der Waals surface area contributed by atoms with Crippen LogP contribution in [0.2, 0.25) is 0 Å². The van der Waals surface area contributed by atoms with Crippen LogP contribution in [0, 0.1) is 0 Å². The summed E-state index contributed by atoms with van der Waals surface area (Å²) in [5.74, 6) is 2.25. The average Bonchev–Trinajstić information content (AvgIpc) is 2.39. The van der Waals surface area contributed by atoms with Crippen molar-refractivity contribution in [1.82, 2.24) is 4.90 Å². The smallest absolute Gasteiger partial charge is 0.243 e. The first-order valence-corrected chi connectivity index (χ1v) is 8.10. The van der Waals surface area contributed by atoms with E-state index in [1.54, 1.807) is 13.8 Å². The Morgan fingerprint density at radius 1 is 1.32 bits per heavy atom. The van der Waals surface area contributed by atoms with Crippen molar-refractivity contribution in [3.63, 3.8) is 0 Å². The summed E-state index contributed by atoms with van der Waals surface area (Å²) < 4.78 is 0. The molecule has 2 rings (SSSR count). The monoisotopic (exact) mass is 365 g/mol. The molecule has 1 aromatic rings. The van der Waals surface area contributed by atoms with Gasteiger partial charge < -0.3 is 11.1 Å². The number of rotatable bonds is 4. The van der Waals surface area contributed by atoms with E-state index in [0.29, 0.717) is 0 Å². The first-order chi connectivity index (χ1) is 9.45. The van der Waals surface area contributed by atoms with Gasteiger partial charge in [-0.3, -0.25) is 9.69 Å². The number of carbonyl (C=O) groups excluding carboxylic acids is 1. The number of anilines is 1. The summed E-state index contributed by atoms with van der Waals surface area (Å²) in [6.45, 7) is 6.62. The van der Waals surface area contributed by atoms with Crippen molar-refractivity contribution in [2.75, 3.05) is 29.9 Å². The molecule has 0 aromatic heterocycles. The maximum Gasteiger partial charge on any atom is 0.243 e. The van der Waals surface area contributed by atoms with Crippen LogP contribution in [0.5, 0.6) is 0 Å². The van der Waals surface area contributed by atoms with Crippen molar-refractivity contribution < 1.29 is 4.79 Å². The Bertz CT molecular complexity index is 474. The summed E-state index contributed by atoms with van der Waals surface area (Å²) in [6, 6.07) is 8.02. The van der Waals surface area contributed by atoms with Crippen LogP contribution in [-0.2, 0) is 11.3 Å². The number of hydrogen-bond acceptors (Lipinski definition) is 4. The molecule has 1 amide bonds. The zero-order chi connectivity index (χ0) is 14.6. The van der Waals surface area contributed by atoms with E-state index in [4.69, 9.17) is 5.73 Å². The number of nitrogens with two attached hydrogens (primary N) is 1. The quantitative estimate of drug-likeness (QED) is 0.860. The van der Waals surface area contributed by atoms with Gasteiger partial charge in [-0.15, -0.1) is 24.8 Å². The number of halogens is 2. The van der Waals surface area contributed by atoms with Crippen molar-refractivity contribution >= 4 is 48.2 Å². The molecule has 1 aliphatic rings. The van der Waals surface area contributed by atoms with Crippen LogP contribution in [0.1, 0.15) is 19.4 Å². The van der Waals surface area contributed by atoms with Gasteiger partial charge in [0.15, 0.2) is 0 Å². The minimum atomic E-state index is -0.861. The molecule has 7 heteroatoms. The van der Waals surface area contributed by atoms with Crippen molar-refractivity contribution in [3.8, 4) is 0 Å². The Labute approximate surface area is 149 Å². The molecule has 22 heavy (non-hydrogen) atoms. The first kappa shape index (κ1) is 21.5. The molecule has 1 aromatic carbocycles. The molecule has 1 aliphatic heterocycles. The van der Waals surface area contributed by atoms with E-state index in [-0.39, 0.29) is 30.7 Å². The van der Waals surface area contributed by atoms with E-state index in [9.17, 15) is 4.79 Å². The molecule has 1 heterocycles. The molecule has 4 nitrogen and oxygen atoms in total. The highest BCUT2D eigenvalue weighted by molar-refractivity contribution is 7.99. The van der Waals surface area contributed by atoms with Crippen LogP contribution in [-0.4, -0.2) is 40.9 Å². The molecular weight excluding hydrogens is 341 g/mol. The number of benzene rings is 1. The zero-order valence-electron chi connectivity index (χ0n) is 13.0. The van der Waals surface area contributed by atoms with E-state index >= 15 is 0 Å². The second-order valence-electron chi connectivity index (χ2n) is 5.76. The summed E-state index contributed by atoms with van der Waals surface area (Å²) in [7, 11) is 0. The maximum atomic E-state index is 11.9. The molecule has 1 saturated heterocycles. The molecule has 0 aliphatic carbocycles. The molecule has 0 atom stereocenters. The zero-order valence-corrected chi connectivity index (χ0v) is 15.5. The van der Waals surface area contributed by atoms with E-state index in [0.717, 1.165) is 25.3 Å². The number of nitrogens with zero attached hydrogens (tertiary/aromatic N) is 1. The number of carbonyl (C=O) groups is 1. The van der Waals surface area contributed by atoms with Gasteiger partial charge in [0.05, 0.1) is 5.54 Å². The Morgan fingerprint density at radius 2 is 1.95 bits per heavy atom. The second kappa shape index (κ2) is 9.63. The number of amides is 1. The van der Waals surface area contributed by atoms with Crippen molar-refractivity contribution in [1.29, 1.82) is 0 Å². The summed E-state index contributed by atoms with van der Waals surface area (Å²) >= 11 is 2.01. The minimum absolute atomic E-state index is 0. The standard InChI is InChI=1S/C15H23N3OS.2ClH/c1-15(2,16)14(19)17-13-5-3-4-12(10-13)11-18-6-8-20-9-7-18;;/h3-5,10H,6-9,11,16H2,1-2H3,(H,17,19);2*1H. The van der Waals surface area contributed by atoms with Gasteiger partial charge in [0, 0.05) is 36.8 Å². The third kappa shape index (κ3) is 6.75. The average molecular weight is 366 g/mol. The van der Waals surface area contributed by atoms with Gasteiger partial charge in [0.1, 0.15) is 0 Å². The highest BCUT2D eigenvalue weighted by Gasteiger charge is 2.21. The van der Waals surface area contributed by atoms with Gasteiger partial charge in [-0.1, -0.05) is 12.1 Å². The Hall–Kier alpha value is -0.460. The van der Waals surface area contributed by atoms with Crippen molar-refractivity contribution in [3.05, 3.63) is 29.8 Å². The van der Waals surface area contributed by atoms with Crippen LogP contribution < -0.4 is 11.1 Å². The normalized spacial score (nSPS) is 15.4. The van der Waals surface area contributed by atoms with E-state index in [1.165, 1.54) is 17.1 Å². The summed E-state index contributed by atoms with van der Waals surface area (Å²) in [6.07, 6.45) is 0. The van der Waals surface area contributed by atoms with E-state index in [1.807, 2.05) is 30.0 Å². The molecule has 0 bridgehead atoms. The van der Waals surface area contributed by atoms with Gasteiger partial charge >= 0.3 is 0 Å². The van der Waals surface area contributed by atoms with Gasteiger partial charge in [-0.05, 0) is 31.5 Å². The predicted molar refractivity (Wildman–Crippen MR) is 100 cm³/mol. The highest BCUT2D eigenvalue weighted by atomic mass is 35.5. The van der Waals surface area contributed by atoms with Gasteiger partial charge in [-0.2, -0.15) is 11.8 Å². The topological polar surface area (TPSA) is 58.4 Å². The molecule has 0 saturated carbocycles. The minimum Gasteiger partial charge on any atom is -0.325 e. The maximum absolute atomic E-state index is 11.9. The summed E-state index contributed by atoms with van der Waals surface area (Å²) in [4.78, 5) is 14.3. The van der Waals surface area contributed by atoms with Crippen LogP contribution in [0.3, 0.4) is 0 Å². The summed E-state index contributed by atoms with van der Waals surface area (Å²) in [5, 5.41) is 2.87. The number of thioether (sulfide) groups is 1. The van der Waals surface area contributed by atoms with Crippen molar-refractivity contribution in [2.45, 2.75) is 25.9 Å². The number of nitrogens with one attached hydrogen (secondary N) is 1. The lowest BCUT2D eigenvalue weighted by Crippen LogP contribution is -2.45. The van der Waals surface area contributed by atoms with Crippen LogP contribution in [0.25, 0.3) is 0 Å². The fraction of sp³-hybridized carbons (Fsp3) is 0.533. The fourth-order valence-electron chi connectivity index (χ4n) is 2.06. The Balaban J connectivity index is 0.00000220. The van der Waals surface area contributed by atoms with E-state index in [2.05, 4.69) is 16.3 Å². The molecule has 0 spiro atoms. The molecule has 0 radical (unpaired) electrons. The lowest BCUT2D eigenvalue weighted by molar-refractivity contribution is -0.120. The lowest BCUT2D eigenvalue weighted by atomic mass is 10.1. The Kier molecular flexibility index (Phi) is 9.43. The van der Waals surface area contributed by atoms with Crippen LogP contribution >= 0.6 is 36.6 Å². The summed E-state index contributed by atoms with van der Waals surface area (Å²) in [5.41, 5.74) is 6.97. The fourth-order valence-corrected chi connectivity index (χ4v) is 3.04. The van der Waals surface area contributed by atoms with Crippen LogP contribution in [0.4, 0.5) is 5.69 Å². The third-order valence-electron chi connectivity index (χ3n) is 3.28. The number of hydrogen-bond donors (Lipinski definition) is 2. The van der Waals surface area contributed by atoms with E-state index < -0.39 is 5.54 Å². The molecule has 3 N–H and O–H groups in total. The largest absolute Gasteiger partial charge is 0.325 e. The molecule has 0 unspecified atom stereocenters. The lowest BCUT2D eigenvalue weighted by Gasteiger charge is -2.26. The van der Waals surface area contributed by atoms with Gasteiger partial charge in [0.25, 0.3) is 0 Å². The molecule has 1 fully saturated rings. The second-order valence-corrected chi connectivity index (χ2v) is 6.99. The predicted octanol–water partition coefficient (Wildman–Crippen LogP) is 2.75. The SMILES string of the molecule is CC(C)(N)C(=O)Nc1cccc(CN2CCSCC2)c1.Cl.Cl. The highest BCUT2D eigenvalue weighted by Crippen LogP contribution is 2.16. The Morgan fingerprint density at radius 3 is 2.55 bits per heavy atom. The van der Waals surface area contributed by atoms with Gasteiger partial charge in [0.2, 0.25) is 5.91 Å². The molecular formula is C15H25Cl2N3OS. The van der Waals surface area contributed by atoms with Gasteiger partial charge in [-0.25, -0.2) is 0 Å². The van der Waals surface area contributed by atoms with Crippen molar-refractivity contribution in [2.24, 2.45) is 5.73 Å². The van der Waals surface area contributed by atoms with Crippen LogP contribution in [0.15, 0.2) is 24.3 Å². The third-order valence-corrected chi connectivity index (χ3v) is 4.22. The first-order valence-electron chi connectivity index (χ1n) is 6.94.